The van der Waals surface area contributed by atoms with E-state index in [1.807, 2.05) is 12.1 Å². The van der Waals surface area contributed by atoms with Crippen molar-refractivity contribution in [2.45, 2.75) is 13.8 Å². The highest BCUT2D eigenvalue weighted by atomic mass is 16.7. The van der Waals surface area contributed by atoms with E-state index in [1.165, 1.54) is 4.68 Å². The molecule has 6 nitrogen and oxygen atoms in total. The molecule has 0 saturated carbocycles. The summed E-state index contributed by atoms with van der Waals surface area (Å²) in [7, 11) is 0. The molecule has 6 heteroatoms. The van der Waals surface area contributed by atoms with Gasteiger partial charge in [-0.25, -0.2) is 4.68 Å². The van der Waals surface area contributed by atoms with Crippen LogP contribution < -0.4 is 15.0 Å². The highest BCUT2D eigenvalue weighted by Crippen LogP contribution is 2.31. The van der Waals surface area contributed by atoms with E-state index in [0.717, 1.165) is 5.56 Å². The summed E-state index contributed by atoms with van der Waals surface area (Å²) in [6, 6.07) is 9.07. The van der Waals surface area contributed by atoms with Crippen molar-refractivity contribution in [3.8, 4) is 17.6 Å². The molecule has 0 atom stereocenters. The average Bonchev–Trinajstić information content (AvgIpc) is 2.94. The third-order valence-corrected chi connectivity index (χ3v) is 3.39. The highest BCUT2D eigenvalue weighted by Gasteiger charge is 2.13. The summed E-state index contributed by atoms with van der Waals surface area (Å²) in [6.45, 7) is 3.71. The van der Waals surface area contributed by atoms with Crippen molar-refractivity contribution in [1.29, 1.82) is 5.26 Å². The van der Waals surface area contributed by atoms with Gasteiger partial charge in [0.2, 0.25) is 6.79 Å². The van der Waals surface area contributed by atoms with Gasteiger partial charge in [0.25, 0.3) is 5.56 Å². The van der Waals surface area contributed by atoms with Crippen molar-refractivity contribution in [2.75, 3.05) is 6.79 Å². The largest absolute Gasteiger partial charge is 0.454 e. The second-order valence-corrected chi connectivity index (χ2v) is 4.93. The Labute approximate surface area is 126 Å². The zero-order valence-electron chi connectivity index (χ0n) is 12.2. The molecule has 0 radical (unpaired) electrons. The van der Waals surface area contributed by atoms with Crippen molar-refractivity contribution in [1.82, 2.24) is 4.68 Å². The summed E-state index contributed by atoms with van der Waals surface area (Å²) in [5.74, 6) is 1.34. The molecule has 1 aromatic heterocycles. The van der Waals surface area contributed by atoms with Gasteiger partial charge in [0.05, 0.1) is 6.21 Å². The van der Waals surface area contributed by atoms with Crippen LogP contribution in [0.2, 0.25) is 0 Å². The number of fused-ring (bicyclic) bond motifs is 1. The van der Waals surface area contributed by atoms with Crippen LogP contribution in [0.5, 0.6) is 11.5 Å². The Morgan fingerprint density at radius 2 is 2.05 bits per heavy atom. The monoisotopic (exact) mass is 295 g/mol. The zero-order valence-corrected chi connectivity index (χ0v) is 12.2. The van der Waals surface area contributed by atoms with Gasteiger partial charge in [0.15, 0.2) is 11.5 Å². The average molecular weight is 295 g/mol. The fraction of sp³-hybridized carbons (Fsp3) is 0.188. The van der Waals surface area contributed by atoms with E-state index in [1.54, 1.807) is 38.3 Å². The molecule has 0 spiro atoms. The summed E-state index contributed by atoms with van der Waals surface area (Å²) in [4.78, 5) is 12.2. The van der Waals surface area contributed by atoms with Crippen molar-refractivity contribution in [3.05, 3.63) is 57.0 Å². The predicted octanol–water partition coefficient (Wildman–Crippen LogP) is 1.95. The fourth-order valence-corrected chi connectivity index (χ4v) is 2.28. The van der Waals surface area contributed by atoms with Crippen LogP contribution in [-0.2, 0) is 0 Å². The number of nitriles is 1. The Bertz CT molecular complexity index is 875. The number of hydrogen-bond acceptors (Lipinski definition) is 5. The van der Waals surface area contributed by atoms with Gasteiger partial charge in [-0.05, 0) is 49.2 Å². The Morgan fingerprint density at radius 3 is 2.82 bits per heavy atom. The number of nitrogens with zero attached hydrogens (tertiary/aromatic N) is 3. The van der Waals surface area contributed by atoms with E-state index in [9.17, 15) is 4.79 Å². The van der Waals surface area contributed by atoms with Gasteiger partial charge in [-0.3, -0.25) is 4.79 Å². The smallest absolute Gasteiger partial charge is 0.289 e. The fourth-order valence-electron chi connectivity index (χ4n) is 2.28. The molecule has 3 rings (SSSR count). The normalized spacial score (nSPS) is 12.6. The van der Waals surface area contributed by atoms with Crippen LogP contribution in [0.1, 0.15) is 22.4 Å². The molecule has 1 aliphatic rings. The maximum absolute atomic E-state index is 12.2. The van der Waals surface area contributed by atoms with Crippen LogP contribution in [0.15, 0.2) is 34.2 Å². The first-order valence-corrected chi connectivity index (χ1v) is 6.67. The van der Waals surface area contributed by atoms with Crippen LogP contribution in [-0.4, -0.2) is 17.7 Å². The number of rotatable bonds is 2. The minimum atomic E-state index is -0.419. The summed E-state index contributed by atoms with van der Waals surface area (Å²) in [5, 5.41) is 13.2. The second-order valence-electron chi connectivity index (χ2n) is 4.93. The standard InChI is InChI=1S/C16H13N3O3/c1-10-5-11(2)19(16(20)13(10)7-17)18-8-12-3-4-14-15(6-12)22-9-21-14/h3-6,8H,9H2,1-2H3. The van der Waals surface area contributed by atoms with Crippen LogP contribution in [0.25, 0.3) is 0 Å². The maximum atomic E-state index is 12.2. The lowest BCUT2D eigenvalue weighted by molar-refractivity contribution is 0.174. The number of benzene rings is 1. The van der Waals surface area contributed by atoms with Gasteiger partial charge in [-0.15, -0.1) is 0 Å². The van der Waals surface area contributed by atoms with Crippen LogP contribution in [0, 0.1) is 25.2 Å². The topological polar surface area (TPSA) is 76.6 Å². The molecule has 1 aliphatic heterocycles. The van der Waals surface area contributed by atoms with Gasteiger partial charge in [-0.1, -0.05) is 0 Å². The van der Waals surface area contributed by atoms with Gasteiger partial charge in [0, 0.05) is 5.69 Å². The van der Waals surface area contributed by atoms with Crippen LogP contribution in [0.3, 0.4) is 0 Å². The van der Waals surface area contributed by atoms with E-state index < -0.39 is 5.56 Å². The quantitative estimate of drug-likeness (QED) is 0.793. The van der Waals surface area contributed by atoms with Crippen LogP contribution in [0.4, 0.5) is 0 Å². The number of ether oxygens (including phenoxy) is 2. The first-order chi connectivity index (χ1) is 10.6. The molecule has 1 aromatic carbocycles. The van der Waals surface area contributed by atoms with Gasteiger partial charge in [0.1, 0.15) is 11.6 Å². The lowest BCUT2D eigenvalue weighted by Crippen LogP contribution is -2.22. The summed E-state index contributed by atoms with van der Waals surface area (Å²) >= 11 is 0. The SMILES string of the molecule is Cc1cc(C)n(N=Cc2ccc3c(c2)OCO3)c(=O)c1C#N. The first-order valence-electron chi connectivity index (χ1n) is 6.67. The Kier molecular flexibility index (Phi) is 3.39. The van der Waals surface area contributed by atoms with Crippen molar-refractivity contribution >= 4 is 6.21 Å². The first kappa shape index (κ1) is 13.9. The van der Waals surface area contributed by atoms with E-state index >= 15 is 0 Å². The molecular formula is C16H13N3O3. The predicted molar refractivity (Wildman–Crippen MR) is 80.4 cm³/mol. The zero-order chi connectivity index (χ0) is 15.7. The summed E-state index contributed by atoms with van der Waals surface area (Å²) in [6.07, 6.45) is 1.55. The second kappa shape index (κ2) is 5.37. The molecule has 0 unspecified atom stereocenters. The maximum Gasteiger partial charge on any atom is 0.289 e. The summed E-state index contributed by atoms with van der Waals surface area (Å²) < 4.78 is 11.8. The van der Waals surface area contributed by atoms with E-state index in [-0.39, 0.29) is 12.4 Å². The van der Waals surface area contributed by atoms with E-state index in [2.05, 4.69) is 5.10 Å². The molecule has 0 amide bonds. The van der Waals surface area contributed by atoms with Crippen molar-refractivity contribution < 1.29 is 9.47 Å². The van der Waals surface area contributed by atoms with E-state index in [0.29, 0.717) is 22.8 Å². The molecule has 22 heavy (non-hydrogen) atoms. The van der Waals surface area contributed by atoms with Gasteiger partial charge < -0.3 is 9.47 Å². The van der Waals surface area contributed by atoms with Gasteiger partial charge in [-0.2, -0.15) is 10.4 Å². The van der Waals surface area contributed by atoms with Gasteiger partial charge >= 0.3 is 0 Å². The summed E-state index contributed by atoms with van der Waals surface area (Å²) in [5.41, 5.74) is 1.78. The lowest BCUT2D eigenvalue weighted by Gasteiger charge is -2.06. The van der Waals surface area contributed by atoms with Crippen LogP contribution >= 0.6 is 0 Å². The molecule has 2 heterocycles. The molecule has 0 aliphatic carbocycles. The lowest BCUT2D eigenvalue weighted by atomic mass is 10.1. The number of hydrogen-bond donors (Lipinski definition) is 0. The Balaban J connectivity index is 2.00. The third kappa shape index (κ3) is 2.33. The number of aryl methyl sites for hydroxylation is 2. The molecule has 2 aromatic rings. The Morgan fingerprint density at radius 1 is 1.27 bits per heavy atom. The van der Waals surface area contributed by atoms with Crippen molar-refractivity contribution in [3.63, 3.8) is 0 Å². The minimum absolute atomic E-state index is 0.105. The molecule has 0 N–H and O–H groups in total. The van der Waals surface area contributed by atoms with Crippen molar-refractivity contribution in [2.24, 2.45) is 5.10 Å². The number of pyridine rings is 1. The Hall–Kier alpha value is -3.07. The minimum Gasteiger partial charge on any atom is -0.454 e. The van der Waals surface area contributed by atoms with E-state index in [4.69, 9.17) is 14.7 Å². The number of aromatic nitrogens is 1. The third-order valence-electron chi connectivity index (χ3n) is 3.39. The molecular weight excluding hydrogens is 282 g/mol. The molecule has 0 saturated heterocycles. The molecule has 0 fully saturated rings. The molecule has 110 valence electrons. The highest BCUT2D eigenvalue weighted by molar-refractivity contribution is 5.81. The molecule has 0 bridgehead atoms.